The Morgan fingerprint density at radius 1 is 1.50 bits per heavy atom. The zero-order valence-electron chi connectivity index (χ0n) is 10.9. The molecule has 110 valence electrons. The van der Waals surface area contributed by atoms with Gasteiger partial charge in [-0.05, 0) is 57.8 Å². The van der Waals surface area contributed by atoms with E-state index in [1.165, 1.54) is 11.3 Å². The van der Waals surface area contributed by atoms with Gasteiger partial charge >= 0.3 is 0 Å². The Hall–Kier alpha value is -0.0200. The van der Waals surface area contributed by atoms with E-state index in [-0.39, 0.29) is 5.91 Å². The lowest BCUT2D eigenvalue weighted by molar-refractivity contribution is 0.0890. The minimum atomic E-state index is -0.577. The molecule has 1 aliphatic heterocycles. The van der Waals surface area contributed by atoms with Crippen LogP contribution in [0.5, 0.6) is 0 Å². The number of halogens is 2. The quantitative estimate of drug-likeness (QED) is 0.709. The van der Waals surface area contributed by atoms with E-state index in [1.807, 2.05) is 0 Å². The second-order valence-corrected chi connectivity index (χ2v) is 9.13. The first-order valence-electron chi connectivity index (χ1n) is 6.10. The van der Waals surface area contributed by atoms with Gasteiger partial charge < -0.3 is 16.0 Å². The van der Waals surface area contributed by atoms with Gasteiger partial charge in [0.05, 0.1) is 23.7 Å². The van der Waals surface area contributed by atoms with Gasteiger partial charge in [-0.15, -0.1) is 11.3 Å². The number of rotatable bonds is 3. The molecule has 0 radical (unpaired) electrons. The van der Waals surface area contributed by atoms with Gasteiger partial charge in [0.1, 0.15) is 0 Å². The molecule has 2 rings (SSSR count). The number of hydrogen-bond donors (Lipinski definition) is 2. The smallest absolute Gasteiger partial charge is 0.254 e. The Labute approximate surface area is 144 Å². The number of hydrogen-bond acceptors (Lipinski definition) is 4. The van der Waals surface area contributed by atoms with Crippen LogP contribution in [-0.2, 0) is 0 Å². The molecular formula is C12H15Br2N3OS2. The molecule has 3 N–H and O–H groups in total. The van der Waals surface area contributed by atoms with Crippen LogP contribution < -0.4 is 11.1 Å². The van der Waals surface area contributed by atoms with Crippen LogP contribution in [0.1, 0.15) is 23.2 Å². The van der Waals surface area contributed by atoms with E-state index in [0.29, 0.717) is 10.6 Å². The summed E-state index contributed by atoms with van der Waals surface area (Å²) in [5.74, 6) is -0.142. The minimum Gasteiger partial charge on any atom is -0.391 e. The second kappa shape index (κ2) is 6.39. The highest BCUT2D eigenvalue weighted by atomic mass is 79.9. The van der Waals surface area contributed by atoms with Gasteiger partial charge in [-0.1, -0.05) is 12.2 Å². The molecule has 1 amide bonds. The fraction of sp³-hybridized carbons (Fsp3) is 0.500. The molecule has 2 heterocycles. The van der Waals surface area contributed by atoms with Crippen molar-refractivity contribution in [2.75, 3.05) is 20.1 Å². The van der Waals surface area contributed by atoms with Crippen LogP contribution in [0.25, 0.3) is 0 Å². The molecule has 1 aliphatic rings. The predicted octanol–water partition coefficient (Wildman–Crippen LogP) is 2.75. The Morgan fingerprint density at radius 3 is 2.55 bits per heavy atom. The molecule has 4 nitrogen and oxygen atoms in total. The normalized spacial score (nSPS) is 18.8. The number of amides is 1. The van der Waals surface area contributed by atoms with Crippen molar-refractivity contribution in [2.45, 2.75) is 18.4 Å². The van der Waals surface area contributed by atoms with Gasteiger partial charge in [0, 0.05) is 13.1 Å². The molecule has 8 heteroatoms. The third-order valence-electron chi connectivity index (χ3n) is 3.57. The van der Waals surface area contributed by atoms with E-state index in [4.69, 9.17) is 18.0 Å². The standard InChI is InChI=1S/C12H15Br2N3OS2/c1-17-4-2-12(3-5-17,11(15)19)16-10(18)7-6-8(13)20-9(7)14/h6H,2-5H2,1H3,(H2,15,19)(H,16,18). The second-order valence-electron chi connectivity index (χ2n) is 4.94. The zero-order chi connectivity index (χ0) is 14.9. The topological polar surface area (TPSA) is 58.4 Å². The molecule has 0 unspecified atom stereocenters. The number of carbonyl (C=O) groups is 1. The van der Waals surface area contributed by atoms with Gasteiger partial charge in [-0.2, -0.15) is 0 Å². The molecule has 0 aromatic carbocycles. The maximum atomic E-state index is 12.5. The molecule has 0 aliphatic carbocycles. The Kier molecular flexibility index (Phi) is 5.23. The summed E-state index contributed by atoms with van der Waals surface area (Å²) in [5, 5.41) is 3.05. The molecule has 0 bridgehead atoms. The predicted molar refractivity (Wildman–Crippen MR) is 93.4 cm³/mol. The van der Waals surface area contributed by atoms with Crippen molar-refractivity contribution in [3.8, 4) is 0 Å². The molecule has 0 atom stereocenters. The van der Waals surface area contributed by atoms with Crippen LogP contribution in [0.2, 0.25) is 0 Å². The van der Waals surface area contributed by atoms with Crippen molar-refractivity contribution in [2.24, 2.45) is 5.73 Å². The van der Waals surface area contributed by atoms with Crippen molar-refractivity contribution in [3.63, 3.8) is 0 Å². The highest BCUT2D eigenvalue weighted by Crippen LogP contribution is 2.32. The summed E-state index contributed by atoms with van der Waals surface area (Å²) in [7, 11) is 2.05. The number of carbonyl (C=O) groups excluding carboxylic acids is 1. The summed E-state index contributed by atoms with van der Waals surface area (Å²) in [6.07, 6.45) is 1.49. The minimum absolute atomic E-state index is 0.142. The SMILES string of the molecule is CN1CCC(NC(=O)c2cc(Br)sc2Br)(C(N)=S)CC1. The summed E-state index contributed by atoms with van der Waals surface area (Å²) in [5.41, 5.74) is 5.93. The largest absolute Gasteiger partial charge is 0.391 e. The van der Waals surface area contributed by atoms with E-state index in [0.717, 1.165) is 33.5 Å². The van der Waals surface area contributed by atoms with Crippen LogP contribution in [0.15, 0.2) is 13.6 Å². The highest BCUT2D eigenvalue weighted by molar-refractivity contribution is 9.12. The third kappa shape index (κ3) is 3.41. The van der Waals surface area contributed by atoms with Crippen molar-refractivity contribution >= 4 is 66.3 Å². The fourth-order valence-electron chi connectivity index (χ4n) is 2.21. The van der Waals surface area contributed by atoms with Crippen molar-refractivity contribution in [3.05, 3.63) is 19.2 Å². The Morgan fingerprint density at radius 2 is 2.10 bits per heavy atom. The Balaban J connectivity index is 2.19. The molecule has 0 saturated carbocycles. The van der Waals surface area contributed by atoms with Crippen molar-refractivity contribution in [1.82, 2.24) is 10.2 Å². The van der Waals surface area contributed by atoms with E-state index < -0.39 is 5.54 Å². The number of nitrogens with zero attached hydrogens (tertiary/aromatic N) is 1. The van der Waals surface area contributed by atoms with Gasteiger partial charge in [-0.3, -0.25) is 4.79 Å². The van der Waals surface area contributed by atoms with Gasteiger partial charge in [0.15, 0.2) is 0 Å². The van der Waals surface area contributed by atoms with E-state index >= 15 is 0 Å². The van der Waals surface area contributed by atoms with Gasteiger partial charge in [0.2, 0.25) is 0 Å². The van der Waals surface area contributed by atoms with E-state index in [2.05, 4.69) is 49.1 Å². The number of nitrogens with two attached hydrogens (primary N) is 1. The average molecular weight is 441 g/mol. The number of thiophene rings is 1. The average Bonchev–Trinajstić information content (AvgIpc) is 2.71. The lowest BCUT2D eigenvalue weighted by atomic mass is 9.87. The lowest BCUT2D eigenvalue weighted by Crippen LogP contribution is -2.61. The molecule has 1 aromatic rings. The Bertz CT molecular complexity index is 539. The van der Waals surface area contributed by atoms with Crippen LogP contribution >= 0.6 is 55.4 Å². The zero-order valence-corrected chi connectivity index (χ0v) is 15.7. The monoisotopic (exact) mass is 439 g/mol. The van der Waals surface area contributed by atoms with Crippen molar-refractivity contribution in [1.29, 1.82) is 0 Å². The summed E-state index contributed by atoms with van der Waals surface area (Å²) < 4.78 is 1.70. The summed E-state index contributed by atoms with van der Waals surface area (Å²) >= 11 is 13.4. The van der Waals surface area contributed by atoms with Gasteiger partial charge in [0.25, 0.3) is 5.91 Å². The molecule has 1 fully saturated rings. The number of nitrogens with one attached hydrogen (secondary N) is 1. The summed E-state index contributed by atoms with van der Waals surface area (Å²) in [6.45, 7) is 1.73. The lowest BCUT2D eigenvalue weighted by Gasteiger charge is -2.40. The van der Waals surface area contributed by atoms with Crippen LogP contribution in [0.3, 0.4) is 0 Å². The number of thiocarbonyl (C=S) groups is 1. The fourth-order valence-corrected chi connectivity index (χ4v) is 5.26. The first kappa shape index (κ1) is 16.4. The molecular weight excluding hydrogens is 426 g/mol. The number of likely N-dealkylation sites (tertiary alicyclic amines) is 1. The first-order chi connectivity index (χ1) is 9.34. The molecule has 0 spiro atoms. The summed E-state index contributed by atoms with van der Waals surface area (Å²) in [4.78, 5) is 15.0. The van der Waals surface area contributed by atoms with Crippen LogP contribution in [0, 0.1) is 0 Å². The molecule has 1 saturated heterocycles. The molecule has 20 heavy (non-hydrogen) atoms. The van der Waals surface area contributed by atoms with Gasteiger partial charge in [-0.25, -0.2) is 0 Å². The summed E-state index contributed by atoms with van der Waals surface area (Å²) in [6, 6.07) is 1.80. The first-order valence-corrected chi connectivity index (χ1v) is 8.91. The third-order valence-corrected chi connectivity index (χ3v) is 6.30. The van der Waals surface area contributed by atoms with Crippen LogP contribution in [0.4, 0.5) is 0 Å². The van der Waals surface area contributed by atoms with E-state index in [1.54, 1.807) is 6.07 Å². The van der Waals surface area contributed by atoms with E-state index in [9.17, 15) is 4.79 Å². The number of piperidine rings is 1. The van der Waals surface area contributed by atoms with Crippen LogP contribution in [-0.4, -0.2) is 41.5 Å². The molecule has 1 aromatic heterocycles. The van der Waals surface area contributed by atoms with Crippen molar-refractivity contribution < 1.29 is 4.79 Å². The highest BCUT2D eigenvalue weighted by Gasteiger charge is 2.38. The maximum absolute atomic E-state index is 12.5. The maximum Gasteiger partial charge on any atom is 0.254 e.